The van der Waals surface area contributed by atoms with Gasteiger partial charge in [-0.15, -0.1) is 0 Å². The van der Waals surface area contributed by atoms with Crippen molar-refractivity contribution in [2.45, 2.75) is 32.7 Å². The van der Waals surface area contributed by atoms with E-state index >= 15 is 0 Å². The zero-order chi connectivity index (χ0) is 36.7. The van der Waals surface area contributed by atoms with E-state index in [1.807, 2.05) is 91.9 Å². The summed E-state index contributed by atoms with van der Waals surface area (Å²) in [5, 5.41) is 20.1. The van der Waals surface area contributed by atoms with Crippen molar-refractivity contribution in [1.29, 1.82) is 0 Å². The highest BCUT2D eigenvalue weighted by molar-refractivity contribution is 5.89. The number of nitrogens with zero attached hydrogens (tertiary/aromatic N) is 7. The van der Waals surface area contributed by atoms with Crippen LogP contribution in [0.15, 0.2) is 126 Å². The van der Waals surface area contributed by atoms with Crippen LogP contribution in [0.2, 0.25) is 0 Å². The number of aromatic nitrogens is 3. The van der Waals surface area contributed by atoms with Crippen molar-refractivity contribution in [3.05, 3.63) is 144 Å². The summed E-state index contributed by atoms with van der Waals surface area (Å²) in [7, 11) is 0. The molecule has 2 saturated heterocycles. The fourth-order valence-electron chi connectivity index (χ4n) is 6.41. The van der Waals surface area contributed by atoms with E-state index in [2.05, 4.69) is 20.4 Å². The van der Waals surface area contributed by atoms with E-state index in [0.29, 0.717) is 30.3 Å². The molecule has 268 valence electrons. The summed E-state index contributed by atoms with van der Waals surface area (Å²) in [6.45, 7) is 2.62. The largest absolute Gasteiger partial charge is 0.508 e. The smallest absolute Gasteiger partial charge is 0.334 e. The van der Waals surface area contributed by atoms with Crippen LogP contribution in [0.25, 0.3) is 22.2 Å². The van der Waals surface area contributed by atoms with Gasteiger partial charge in [0.25, 0.3) is 0 Å². The molecule has 6 aromatic rings. The number of carbonyl (C=O) groups is 3. The molecule has 13 nitrogen and oxygen atoms in total. The Hall–Kier alpha value is -6.60. The molecule has 2 aliphatic rings. The van der Waals surface area contributed by atoms with E-state index in [1.54, 1.807) is 51.7 Å². The lowest BCUT2D eigenvalue weighted by Crippen LogP contribution is -2.73. The number of phenolic OH excluding ortho intramolecular Hbond substituents is 1. The van der Waals surface area contributed by atoms with Crippen LogP contribution < -0.4 is 5.32 Å². The number of piperazine rings is 1. The highest BCUT2D eigenvalue weighted by Gasteiger charge is 2.47. The summed E-state index contributed by atoms with van der Waals surface area (Å²) >= 11 is 0. The average molecular weight is 711 g/mol. The third-order valence-electron chi connectivity index (χ3n) is 9.13. The third kappa shape index (κ3) is 8.16. The number of rotatable bonds is 7. The van der Waals surface area contributed by atoms with Gasteiger partial charge in [0, 0.05) is 48.7 Å². The first kappa shape index (κ1) is 34.8. The van der Waals surface area contributed by atoms with Gasteiger partial charge in [0.15, 0.2) is 5.76 Å². The van der Waals surface area contributed by atoms with Gasteiger partial charge in [-0.25, -0.2) is 9.80 Å². The fraction of sp³-hybridized carbons (Fsp3) is 0.200. The van der Waals surface area contributed by atoms with E-state index in [4.69, 9.17) is 9.63 Å². The molecule has 0 aliphatic carbocycles. The first-order chi connectivity index (χ1) is 25.8. The maximum atomic E-state index is 14.0. The molecule has 3 aromatic heterocycles. The molecule has 2 N–H and O–H groups in total. The Kier molecular flexibility index (Phi) is 10.3. The topological polar surface area (TPSA) is 148 Å². The van der Waals surface area contributed by atoms with Gasteiger partial charge in [0.2, 0.25) is 11.8 Å². The molecule has 4 amide bonds. The number of pyridine rings is 2. The molecule has 0 bridgehead atoms. The Morgan fingerprint density at radius 3 is 2.43 bits per heavy atom. The Balaban J connectivity index is 0.000000483. The van der Waals surface area contributed by atoms with E-state index in [-0.39, 0.29) is 44.0 Å². The SMILES string of the molecule is Cc1ccc(O)cc1.O=C1CN2C(=O)CN(Cc3cc(-c4ccncc4)no3)N(C(=O)NCc3ccccc3)C2CN1Cc1cccc2ncccc12. The van der Waals surface area contributed by atoms with Crippen LogP contribution in [-0.2, 0) is 29.2 Å². The zero-order valence-electron chi connectivity index (χ0n) is 29.1. The third-order valence-corrected chi connectivity index (χ3v) is 9.13. The standard InChI is InChI=1S/C33H30N8O4.C7H8O/c42-31-22-40-30(20-38(31)18-25-8-4-10-28-27(25)9-5-13-35-28)41(33(44)36-17-23-6-2-1-3-7-23)39(21-32(40)43)19-26-16-29(37-45-26)24-11-14-34-15-12-24;1-6-2-4-7(8)5-3-6/h1-16,30H,17-22H2,(H,36,44);2-5,8H,1H3. The molecule has 3 aromatic carbocycles. The molecule has 2 fully saturated rings. The van der Waals surface area contributed by atoms with Gasteiger partial charge in [-0.3, -0.25) is 19.6 Å². The second-order valence-electron chi connectivity index (χ2n) is 12.8. The number of phenols is 1. The van der Waals surface area contributed by atoms with E-state index in [1.165, 1.54) is 10.5 Å². The molecular formula is C40H38N8O5. The van der Waals surface area contributed by atoms with Crippen LogP contribution >= 0.6 is 0 Å². The lowest BCUT2D eigenvalue weighted by atomic mass is 10.1. The first-order valence-electron chi connectivity index (χ1n) is 17.2. The summed E-state index contributed by atoms with van der Waals surface area (Å²) in [4.78, 5) is 52.5. The van der Waals surface area contributed by atoms with Crippen LogP contribution in [0.1, 0.15) is 22.5 Å². The molecule has 5 heterocycles. The van der Waals surface area contributed by atoms with E-state index < -0.39 is 6.17 Å². The van der Waals surface area contributed by atoms with Gasteiger partial charge in [-0.2, -0.15) is 5.01 Å². The van der Waals surface area contributed by atoms with Gasteiger partial charge in [-0.1, -0.05) is 71.4 Å². The summed E-state index contributed by atoms with van der Waals surface area (Å²) in [6, 6.07) is 31.4. The maximum Gasteiger partial charge on any atom is 0.334 e. The van der Waals surface area contributed by atoms with Crippen molar-refractivity contribution >= 4 is 28.7 Å². The lowest BCUT2D eigenvalue weighted by molar-refractivity contribution is -0.184. The second kappa shape index (κ2) is 15.7. The molecule has 1 unspecified atom stereocenters. The number of hydrogen-bond donors (Lipinski definition) is 2. The number of hydrazine groups is 1. The predicted molar refractivity (Wildman–Crippen MR) is 196 cm³/mol. The molecule has 1 atom stereocenters. The number of carbonyl (C=O) groups excluding carboxylic acids is 3. The average Bonchev–Trinajstić information content (AvgIpc) is 3.65. The van der Waals surface area contributed by atoms with Gasteiger partial charge in [0.05, 0.1) is 25.2 Å². The van der Waals surface area contributed by atoms with Gasteiger partial charge < -0.3 is 24.7 Å². The lowest BCUT2D eigenvalue weighted by Gasteiger charge is -2.52. The van der Waals surface area contributed by atoms with Crippen molar-refractivity contribution in [3.63, 3.8) is 0 Å². The monoisotopic (exact) mass is 710 g/mol. The van der Waals surface area contributed by atoms with Gasteiger partial charge >= 0.3 is 6.03 Å². The number of nitrogens with one attached hydrogen (secondary N) is 1. The van der Waals surface area contributed by atoms with Crippen LogP contribution in [0.3, 0.4) is 0 Å². The highest BCUT2D eigenvalue weighted by Crippen LogP contribution is 2.28. The summed E-state index contributed by atoms with van der Waals surface area (Å²) in [5.41, 5.74) is 5.33. The van der Waals surface area contributed by atoms with E-state index in [9.17, 15) is 14.4 Å². The normalized spacial score (nSPS) is 15.9. The Morgan fingerprint density at radius 1 is 0.868 bits per heavy atom. The minimum absolute atomic E-state index is 0.108. The fourth-order valence-corrected chi connectivity index (χ4v) is 6.41. The molecule has 2 aliphatic heterocycles. The van der Waals surface area contributed by atoms with Gasteiger partial charge in [0.1, 0.15) is 24.2 Å². The number of hydrogen-bond acceptors (Lipinski definition) is 9. The number of fused-ring (bicyclic) bond motifs is 2. The minimum atomic E-state index is -0.726. The minimum Gasteiger partial charge on any atom is -0.508 e. The summed E-state index contributed by atoms with van der Waals surface area (Å²) < 4.78 is 5.64. The van der Waals surface area contributed by atoms with Crippen molar-refractivity contribution in [2.24, 2.45) is 0 Å². The van der Waals surface area contributed by atoms with Crippen molar-refractivity contribution in [2.75, 3.05) is 19.6 Å². The molecule has 13 heteroatoms. The first-order valence-corrected chi connectivity index (χ1v) is 17.2. The molecule has 0 radical (unpaired) electrons. The number of aryl methyl sites for hydroxylation is 1. The van der Waals surface area contributed by atoms with Crippen molar-refractivity contribution < 1.29 is 24.0 Å². The number of amides is 4. The van der Waals surface area contributed by atoms with Gasteiger partial charge in [-0.05, 0) is 54.4 Å². The summed E-state index contributed by atoms with van der Waals surface area (Å²) in [5.74, 6) is 0.380. The summed E-state index contributed by atoms with van der Waals surface area (Å²) in [6.07, 6.45) is 4.35. The highest BCUT2D eigenvalue weighted by atomic mass is 16.5. The predicted octanol–water partition coefficient (Wildman–Crippen LogP) is 5.12. The van der Waals surface area contributed by atoms with Crippen LogP contribution in [0.5, 0.6) is 5.75 Å². The Labute approximate surface area is 306 Å². The van der Waals surface area contributed by atoms with E-state index in [0.717, 1.165) is 27.6 Å². The second-order valence-corrected chi connectivity index (χ2v) is 12.8. The zero-order valence-corrected chi connectivity index (χ0v) is 29.1. The van der Waals surface area contributed by atoms with Crippen LogP contribution in [0.4, 0.5) is 4.79 Å². The quantitative estimate of drug-likeness (QED) is 0.230. The molecular weight excluding hydrogens is 672 g/mol. The van der Waals surface area contributed by atoms with Crippen molar-refractivity contribution in [3.8, 4) is 17.0 Å². The number of benzene rings is 3. The van der Waals surface area contributed by atoms with Crippen LogP contribution in [-0.4, -0.2) is 83.7 Å². The van der Waals surface area contributed by atoms with Crippen LogP contribution in [0, 0.1) is 6.92 Å². The Bertz CT molecular complexity index is 2170. The molecule has 8 rings (SSSR count). The Morgan fingerprint density at radius 2 is 1.66 bits per heavy atom. The molecule has 0 spiro atoms. The molecule has 53 heavy (non-hydrogen) atoms. The molecule has 0 saturated carbocycles. The van der Waals surface area contributed by atoms with Crippen molar-refractivity contribution in [1.82, 2.24) is 40.3 Å². The number of urea groups is 1. The maximum absolute atomic E-state index is 14.0. The number of aromatic hydroxyl groups is 1.